The van der Waals surface area contributed by atoms with Crippen molar-refractivity contribution < 1.29 is 9.53 Å². The van der Waals surface area contributed by atoms with Crippen molar-refractivity contribution >= 4 is 22.4 Å². The van der Waals surface area contributed by atoms with Gasteiger partial charge in [-0.2, -0.15) is 0 Å². The summed E-state index contributed by atoms with van der Waals surface area (Å²) in [6.45, 7) is 10.5. The maximum Gasteiger partial charge on any atom is 0.317 e. The number of nitrogens with zero attached hydrogens (tertiary/aromatic N) is 2. The number of anilines is 1. The largest absolute Gasteiger partial charge is 0.465 e. The maximum absolute atomic E-state index is 12.1. The van der Waals surface area contributed by atoms with Crippen molar-refractivity contribution in [3.63, 3.8) is 0 Å². The first-order valence-corrected chi connectivity index (χ1v) is 8.71. The van der Waals surface area contributed by atoms with Crippen LogP contribution in [0.4, 0.5) is 5.13 Å². The first-order chi connectivity index (χ1) is 9.95. The minimum atomic E-state index is -0.677. The van der Waals surface area contributed by atoms with Crippen LogP contribution in [0, 0.1) is 5.92 Å². The fourth-order valence-corrected chi connectivity index (χ4v) is 3.61. The van der Waals surface area contributed by atoms with Gasteiger partial charge in [0.1, 0.15) is 5.41 Å². The molecule has 0 aliphatic carbocycles. The lowest BCUT2D eigenvalue weighted by Gasteiger charge is -2.21. The molecule has 2 heterocycles. The minimum absolute atomic E-state index is 0.202. The van der Waals surface area contributed by atoms with Crippen molar-refractivity contribution in [3.8, 4) is 0 Å². The summed E-state index contributed by atoms with van der Waals surface area (Å²) >= 11 is 1.64. The topological polar surface area (TPSA) is 42.4 Å². The number of aromatic nitrogens is 1. The summed E-state index contributed by atoms with van der Waals surface area (Å²) in [4.78, 5) is 19.2. The predicted molar refractivity (Wildman–Crippen MR) is 87.0 cm³/mol. The van der Waals surface area contributed by atoms with Crippen LogP contribution in [0.5, 0.6) is 0 Å². The van der Waals surface area contributed by atoms with Gasteiger partial charge in [0.2, 0.25) is 0 Å². The maximum atomic E-state index is 12.1. The molecule has 1 aliphatic heterocycles. The summed E-state index contributed by atoms with van der Waals surface area (Å²) in [5.41, 5.74) is 0.141. The molecule has 0 saturated carbocycles. The average molecular weight is 310 g/mol. The molecule has 1 atom stereocenters. The molecule has 0 radical (unpaired) electrons. The molecule has 1 saturated heterocycles. The van der Waals surface area contributed by atoms with E-state index < -0.39 is 5.41 Å². The van der Waals surface area contributed by atoms with Gasteiger partial charge in [-0.05, 0) is 46.0 Å². The van der Waals surface area contributed by atoms with Crippen LogP contribution in [-0.4, -0.2) is 30.6 Å². The van der Waals surface area contributed by atoms with Crippen LogP contribution >= 0.6 is 11.3 Å². The smallest absolute Gasteiger partial charge is 0.317 e. The second kappa shape index (κ2) is 6.77. The number of thiazole rings is 1. The molecular formula is C16H26N2O2S. The Labute approximate surface area is 131 Å². The summed E-state index contributed by atoms with van der Waals surface area (Å²) in [7, 11) is 0. The Hall–Kier alpha value is -1.10. The van der Waals surface area contributed by atoms with E-state index in [4.69, 9.17) is 9.72 Å². The highest BCUT2D eigenvalue weighted by Crippen LogP contribution is 2.31. The number of rotatable bonds is 4. The first kappa shape index (κ1) is 16.3. The zero-order valence-electron chi connectivity index (χ0n) is 13.5. The Morgan fingerprint density at radius 2 is 2.24 bits per heavy atom. The third-order valence-corrected chi connectivity index (χ3v) is 5.11. The molecule has 1 unspecified atom stereocenters. The van der Waals surface area contributed by atoms with Crippen molar-refractivity contribution in [2.75, 3.05) is 24.6 Å². The van der Waals surface area contributed by atoms with Crippen molar-refractivity contribution in [1.29, 1.82) is 0 Å². The molecule has 4 nitrogen and oxygen atoms in total. The molecule has 0 N–H and O–H groups in total. The highest BCUT2D eigenvalue weighted by molar-refractivity contribution is 7.13. The molecule has 2 rings (SSSR count). The van der Waals surface area contributed by atoms with Crippen LogP contribution in [0.3, 0.4) is 0 Å². The molecule has 0 bridgehead atoms. The fourth-order valence-electron chi connectivity index (χ4n) is 2.57. The molecule has 5 heteroatoms. The molecule has 21 heavy (non-hydrogen) atoms. The molecule has 1 aliphatic rings. The second-order valence-electron chi connectivity index (χ2n) is 6.38. The van der Waals surface area contributed by atoms with Gasteiger partial charge in [-0.25, -0.2) is 4.98 Å². The van der Waals surface area contributed by atoms with Crippen LogP contribution in [0.1, 0.15) is 52.7 Å². The van der Waals surface area contributed by atoms with Gasteiger partial charge in [-0.1, -0.05) is 6.92 Å². The second-order valence-corrected chi connectivity index (χ2v) is 7.22. The van der Waals surface area contributed by atoms with Gasteiger partial charge in [0, 0.05) is 18.5 Å². The van der Waals surface area contributed by atoms with E-state index in [9.17, 15) is 4.79 Å². The van der Waals surface area contributed by atoms with E-state index in [-0.39, 0.29) is 5.97 Å². The average Bonchev–Trinajstić information content (AvgIpc) is 2.84. The van der Waals surface area contributed by atoms with Crippen LogP contribution < -0.4 is 4.90 Å². The fraction of sp³-hybridized carbons (Fsp3) is 0.750. The van der Waals surface area contributed by atoms with Crippen LogP contribution in [-0.2, 0) is 14.9 Å². The monoisotopic (exact) mass is 310 g/mol. The zero-order valence-corrected chi connectivity index (χ0v) is 14.3. The molecule has 1 fully saturated rings. The van der Waals surface area contributed by atoms with E-state index in [2.05, 4.69) is 11.8 Å². The van der Waals surface area contributed by atoms with Gasteiger partial charge in [0.05, 0.1) is 12.3 Å². The van der Waals surface area contributed by atoms with E-state index in [1.807, 2.05) is 26.2 Å². The Morgan fingerprint density at radius 1 is 1.48 bits per heavy atom. The van der Waals surface area contributed by atoms with E-state index >= 15 is 0 Å². The lowest BCUT2D eigenvalue weighted by Crippen LogP contribution is -2.32. The Morgan fingerprint density at radius 3 is 2.95 bits per heavy atom. The highest BCUT2D eigenvalue weighted by atomic mass is 32.1. The van der Waals surface area contributed by atoms with Gasteiger partial charge in [0.25, 0.3) is 0 Å². The third-order valence-electron chi connectivity index (χ3n) is 4.21. The van der Waals surface area contributed by atoms with E-state index in [1.165, 1.54) is 19.3 Å². The Kier molecular flexibility index (Phi) is 5.25. The molecule has 1 aromatic rings. The van der Waals surface area contributed by atoms with Crippen molar-refractivity contribution in [2.24, 2.45) is 5.92 Å². The van der Waals surface area contributed by atoms with Crippen LogP contribution in [0.25, 0.3) is 0 Å². The summed E-state index contributed by atoms with van der Waals surface area (Å²) in [5, 5.41) is 3.04. The number of ether oxygens (including phenoxy) is 1. The molecule has 118 valence electrons. The number of esters is 1. The third kappa shape index (κ3) is 3.76. The number of hydrogen-bond acceptors (Lipinski definition) is 5. The van der Waals surface area contributed by atoms with Gasteiger partial charge in [-0.15, -0.1) is 11.3 Å². The predicted octanol–water partition coefficient (Wildman–Crippen LogP) is 3.61. The SMILES string of the molecule is CCOC(=O)C(C)(C)c1csc(N2CCCC(C)CC2)n1. The molecular weight excluding hydrogens is 284 g/mol. The van der Waals surface area contributed by atoms with Crippen LogP contribution in [0.15, 0.2) is 5.38 Å². The van der Waals surface area contributed by atoms with Crippen molar-refractivity contribution in [2.45, 2.75) is 52.4 Å². The first-order valence-electron chi connectivity index (χ1n) is 7.83. The molecule has 0 aromatic carbocycles. The Bertz CT molecular complexity index is 484. The Balaban J connectivity index is 2.12. The molecule has 0 amide bonds. The van der Waals surface area contributed by atoms with Gasteiger partial charge in [-0.3, -0.25) is 4.79 Å². The van der Waals surface area contributed by atoms with Gasteiger partial charge >= 0.3 is 5.97 Å². The van der Waals surface area contributed by atoms with Gasteiger partial charge in [0.15, 0.2) is 5.13 Å². The number of hydrogen-bond donors (Lipinski definition) is 0. The van der Waals surface area contributed by atoms with E-state index in [0.29, 0.717) is 6.61 Å². The minimum Gasteiger partial charge on any atom is -0.465 e. The molecule has 0 spiro atoms. The zero-order chi connectivity index (χ0) is 15.5. The van der Waals surface area contributed by atoms with Gasteiger partial charge < -0.3 is 9.64 Å². The summed E-state index contributed by atoms with van der Waals surface area (Å²) in [6, 6.07) is 0. The van der Waals surface area contributed by atoms with E-state index in [1.54, 1.807) is 11.3 Å². The lowest BCUT2D eigenvalue weighted by molar-refractivity contribution is -0.148. The summed E-state index contributed by atoms with van der Waals surface area (Å²) in [6.07, 6.45) is 3.73. The number of carbonyl (C=O) groups is 1. The quantitative estimate of drug-likeness (QED) is 0.797. The highest BCUT2D eigenvalue weighted by Gasteiger charge is 2.34. The lowest BCUT2D eigenvalue weighted by atomic mass is 9.90. The van der Waals surface area contributed by atoms with E-state index in [0.717, 1.165) is 29.8 Å². The number of carbonyl (C=O) groups excluding carboxylic acids is 1. The summed E-state index contributed by atoms with van der Waals surface area (Å²) in [5.74, 6) is 0.594. The standard InChI is InChI=1S/C16H26N2O2S/c1-5-20-14(19)16(3,4)13-11-21-15(17-13)18-9-6-7-12(2)8-10-18/h11-12H,5-10H2,1-4H3. The van der Waals surface area contributed by atoms with Crippen LogP contribution in [0.2, 0.25) is 0 Å². The van der Waals surface area contributed by atoms with Crippen molar-refractivity contribution in [3.05, 3.63) is 11.1 Å². The normalized spacial score (nSPS) is 20.2. The van der Waals surface area contributed by atoms with Crippen molar-refractivity contribution in [1.82, 2.24) is 4.98 Å². The molecule has 1 aromatic heterocycles. The summed E-state index contributed by atoms with van der Waals surface area (Å²) < 4.78 is 5.16.